The van der Waals surface area contributed by atoms with Crippen molar-refractivity contribution in [2.45, 2.75) is 25.9 Å². The monoisotopic (exact) mass is 387 g/mol. The molecule has 0 saturated carbocycles. The second-order valence-corrected chi connectivity index (χ2v) is 7.72. The fraction of sp³-hybridized carbons (Fsp3) is 0.286. The van der Waals surface area contributed by atoms with Crippen LogP contribution in [0, 0.1) is 34.7 Å². The molecular weight excluding hydrogens is 371 g/mol. The third kappa shape index (κ3) is 3.85. The van der Waals surface area contributed by atoms with Gasteiger partial charge in [-0.1, -0.05) is 36.2 Å². The molecular formula is C21H16F3NOS. The van der Waals surface area contributed by atoms with E-state index in [1.165, 1.54) is 18.2 Å². The van der Waals surface area contributed by atoms with E-state index in [0.29, 0.717) is 28.3 Å². The summed E-state index contributed by atoms with van der Waals surface area (Å²) in [4.78, 5) is 3.71. The zero-order valence-corrected chi connectivity index (χ0v) is 15.4. The van der Waals surface area contributed by atoms with E-state index in [4.69, 9.17) is 4.74 Å². The lowest BCUT2D eigenvalue weighted by atomic mass is 10.00. The predicted molar refractivity (Wildman–Crippen MR) is 99.9 cm³/mol. The van der Waals surface area contributed by atoms with Crippen LogP contribution in [-0.4, -0.2) is 17.7 Å². The van der Waals surface area contributed by atoms with Gasteiger partial charge in [-0.2, -0.15) is 4.39 Å². The van der Waals surface area contributed by atoms with Gasteiger partial charge in [0.1, 0.15) is 17.7 Å². The molecule has 0 amide bonds. The van der Waals surface area contributed by atoms with Crippen LogP contribution in [0.3, 0.4) is 0 Å². The molecule has 1 aliphatic heterocycles. The molecule has 0 spiro atoms. The second-order valence-electron chi connectivity index (χ2n) is 6.74. The molecule has 6 heteroatoms. The number of rotatable bonds is 1. The first-order valence-electron chi connectivity index (χ1n) is 8.68. The third-order valence-corrected chi connectivity index (χ3v) is 5.38. The van der Waals surface area contributed by atoms with Crippen molar-refractivity contribution < 1.29 is 17.9 Å². The molecule has 27 heavy (non-hydrogen) atoms. The van der Waals surface area contributed by atoms with Crippen molar-refractivity contribution in [3.8, 4) is 23.0 Å². The maximum atomic E-state index is 14.6. The molecule has 138 valence electrons. The number of hydrogen-bond donors (Lipinski definition) is 0. The first-order chi connectivity index (χ1) is 13.0. The van der Waals surface area contributed by atoms with Gasteiger partial charge >= 0.3 is 0 Å². The lowest BCUT2D eigenvalue weighted by molar-refractivity contribution is 0.0218. The maximum Gasteiger partial charge on any atom is 0.270 e. The third-order valence-electron chi connectivity index (χ3n) is 4.57. The zero-order chi connectivity index (χ0) is 19.0. The Morgan fingerprint density at radius 2 is 1.89 bits per heavy atom. The smallest absolute Gasteiger partial charge is 0.270 e. The van der Waals surface area contributed by atoms with Crippen molar-refractivity contribution >= 4 is 21.6 Å². The lowest BCUT2D eigenvalue weighted by Crippen LogP contribution is -2.22. The summed E-state index contributed by atoms with van der Waals surface area (Å²) in [7, 11) is 0. The molecule has 2 nitrogen and oxygen atoms in total. The van der Waals surface area contributed by atoms with Crippen LogP contribution in [0.15, 0.2) is 30.3 Å². The summed E-state index contributed by atoms with van der Waals surface area (Å²) in [6.07, 6.45) is 1.65. The number of benzene rings is 2. The summed E-state index contributed by atoms with van der Waals surface area (Å²) in [6, 6.07) is 7.06. The molecule has 4 rings (SSSR count). The average Bonchev–Trinajstić information content (AvgIpc) is 3.00. The molecule has 3 aromatic rings. The topological polar surface area (TPSA) is 22.1 Å². The number of ether oxygens (including phenoxy) is 1. The van der Waals surface area contributed by atoms with Gasteiger partial charge in [0, 0.05) is 5.56 Å². The minimum atomic E-state index is -0.707. The van der Waals surface area contributed by atoms with Crippen LogP contribution in [0.2, 0.25) is 0 Å². The molecule has 0 N–H and O–H groups in total. The van der Waals surface area contributed by atoms with Gasteiger partial charge in [0.25, 0.3) is 5.26 Å². The molecule has 2 aromatic carbocycles. The summed E-state index contributed by atoms with van der Waals surface area (Å²) in [5, 5.41) is -0.576. The molecule has 2 heterocycles. The number of fused-ring (bicyclic) bond motifs is 1. The minimum absolute atomic E-state index is 0.154. The van der Waals surface area contributed by atoms with Crippen molar-refractivity contribution in [1.29, 1.82) is 0 Å². The van der Waals surface area contributed by atoms with Crippen molar-refractivity contribution in [3.63, 3.8) is 0 Å². The highest BCUT2D eigenvalue weighted by Crippen LogP contribution is 2.31. The highest BCUT2D eigenvalue weighted by atomic mass is 32.1. The van der Waals surface area contributed by atoms with E-state index in [1.54, 1.807) is 12.1 Å². The quantitative estimate of drug-likeness (QED) is 0.511. The first kappa shape index (κ1) is 18.0. The van der Waals surface area contributed by atoms with Crippen LogP contribution in [0.4, 0.5) is 13.2 Å². The van der Waals surface area contributed by atoms with E-state index in [0.717, 1.165) is 24.2 Å². The van der Waals surface area contributed by atoms with E-state index in [1.807, 2.05) is 0 Å². The van der Waals surface area contributed by atoms with Crippen LogP contribution in [0.5, 0.6) is 0 Å². The van der Waals surface area contributed by atoms with Crippen LogP contribution in [0.25, 0.3) is 21.3 Å². The van der Waals surface area contributed by atoms with Crippen LogP contribution in [-0.2, 0) is 4.74 Å². The zero-order valence-electron chi connectivity index (χ0n) is 14.6. The Balaban J connectivity index is 1.63. The molecule has 1 unspecified atom stereocenters. The number of thiazole rings is 1. The molecule has 0 aliphatic carbocycles. The summed E-state index contributed by atoms with van der Waals surface area (Å²) in [5.74, 6) is 4.86. The molecule has 0 radical (unpaired) electrons. The maximum absolute atomic E-state index is 14.6. The van der Waals surface area contributed by atoms with Crippen molar-refractivity contribution in [3.05, 3.63) is 52.8 Å². The average molecular weight is 387 g/mol. The van der Waals surface area contributed by atoms with Gasteiger partial charge in [0.2, 0.25) is 0 Å². The Kier molecular flexibility index (Phi) is 4.90. The van der Waals surface area contributed by atoms with Gasteiger partial charge < -0.3 is 4.74 Å². The molecule has 1 saturated heterocycles. The van der Waals surface area contributed by atoms with Crippen LogP contribution in [0.1, 0.15) is 25.3 Å². The summed E-state index contributed by atoms with van der Waals surface area (Å²) in [6.45, 7) is 2.77. The number of nitrogens with zero attached hydrogens (tertiary/aromatic N) is 1. The van der Waals surface area contributed by atoms with Gasteiger partial charge in [-0.25, -0.2) is 13.8 Å². The van der Waals surface area contributed by atoms with E-state index >= 15 is 0 Å². The van der Waals surface area contributed by atoms with Crippen LogP contribution >= 0.6 is 11.3 Å². The minimum Gasteiger partial charge on any atom is -0.365 e. The molecule has 1 fully saturated rings. The van der Waals surface area contributed by atoms with Gasteiger partial charge in [0.05, 0.1) is 22.4 Å². The number of hydrogen-bond acceptors (Lipinski definition) is 3. The SMILES string of the molecule is C[C@@H]1CCC(C#Cc2cc(F)c(-c3ccc4nc(F)sc4c3)c(F)c2)OC1. The first-order valence-corrected chi connectivity index (χ1v) is 9.50. The standard InChI is InChI=1S/C21H16F3NOS/c1-12-2-5-15(26-11-12)6-3-13-8-16(22)20(17(23)9-13)14-4-7-18-19(10-14)27-21(24)25-18/h4,7-10,12,15H,2,5,11H2,1H3/t12-,15?/m1/s1. The lowest BCUT2D eigenvalue weighted by Gasteiger charge is -2.22. The second kappa shape index (κ2) is 7.34. The van der Waals surface area contributed by atoms with E-state index in [9.17, 15) is 13.2 Å². The Hall–Kier alpha value is -2.36. The Morgan fingerprint density at radius 1 is 1.11 bits per heavy atom. The predicted octanol–water partition coefficient (Wildman–Crippen LogP) is 5.55. The molecule has 2 atom stereocenters. The fourth-order valence-electron chi connectivity index (χ4n) is 3.13. The van der Waals surface area contributed by atoms with Crippen molar-refractivity contribution in [2.75, 3.05) is 6.61 Å². The Morgan fingerprint density at radius 3 is 2.59 bits per heavy atom. The summed E-state index contributed by atoms with van der Waals surface area (Å²) in [5.41, 5.74) is 0.913. The van der Waals surface area contributed by atoms with E-state index in [2.05, 4.69) is 23.7 Å². The van der Waals surface area contributed by atoms with Gasteiger partial charge in [0.15, 0.2) is 0 Å². The van der Waals surface area contributed by atoms with Crippen molar-refractivity contribution in [2.24, 2.45) is 5.92 Å². The molecule has 1 aromatic heterocycles. The largest absolute Gasteiger partial charge is 0.365 e. The highest BCUT2D eigenvalue weighted by Gasteiger charge is 2.17. The van der Waals surface area contributed by atoms with Gasteiger partial charge in [-0.3, -0.25) is 0 Å². The van der Waals surface area contributed by atoms with E-state index < -0.39 is 16.9 Å². The summed E-state index contributed by atoms with van der Waals surface area (Å²) < 4.78 is 48.6. The molecule has 1 aliphatic rings. The summed E-state index contributed by atoms with van der Waals surface area (Å²) >= 11 is 0.841. The normalized spacial score (nSPS) is 19.7. The van der Waals surface area contributed by atoms with Crippen LogP contribution < -0.4 is 0 Å². The van der Waals surface area contributed by atoms with Crippen molar-refractivity contribution in [1.82, 2.24) is 4.98 Å². The Bertz CT molecular complexity index is 1040. The van der Waals surface area contributed by atoms with Gasteiger partial charge in [-0.15, -0.1) is 0 Å². The number of halogens is 3. The Labute approximate surface area is 159 Å². The fourth-order valence-corrected chi connectivity index (χ4v) is 3.86. The number of aromatic nitrogens is 1. The van der Waals surface area contributed by atoms with E-state index in [-0.39, 0.29) is 17.2 Å². The highest BCUT2D eigenvalue weighted by molar-refractivity contribution is 7.17. The molecule has 0 bridgehead atoms. The van der Waals surface area contributed by atoms with Gasteiger partial charge in [-0.05, 0) is 48.6 Å².